The van der Waals surface area contributed by atoms with Crippen molar-refractivity contribution >= 4 is 33.6 Å². The summed E-state index contributed by atoms with van der Waals surface area (Å²) in [5, 5.41) is 0.978. The summed E-state index contributed by atoms with van der Waals surface area (Å²) in [6.45, 7) is 3.98. The van der Waals surface area contributed by atoms with Crippen LogP contribution in [-0.2, 0) is 15.6 Å². The molecular weight excluding hydrogens is 332 g/mol. The van der Waals surface area contributed by atoms with Gasteiger partial charge in [0.1, 0.15) is 5.82 Å². The molecule has 0 spiro atoms. The highest BCUT2D eigenvalue weighted by Gasteiger charge is 2.17. The maximum Gasteiger partial charge on any atom is 0.135 e. The number of aromatic nitrogens is 1. The molecule has 130 valence electrons. The van der Waals surface area contributed by atoms with E-state index < -0.39 is 10.8 Å². The molecule has 0 bridgehead atoms. The van der Waals surface area contributed by atoms with Gasteiger partial charge in [0, 0.05) is 21.4 Å². The van der Waals surface area contributed by atoms with Crippen LogP contribution >= 0.6 is 0 Å². The quantitative estimate of drug-likeness (QED) is 0.610. The van der Waals surface area contributed by atoms with Crippen molar-refractivity contribution in [3.8, 4) is 0 Å². The second-order valence-corrected chi connectivity index (χ2v) is 7.55. The molecule has 0 aliphatic carbocycles. The first-order chi connectivity index (χ1) is 12.2. The number of benzene rings is 2. The van der Waals surface area contributed by atoms with Gasteiger partial charge >= 0.3 is 0 Å². The number of hydrogen-bond acceptors (Lipinski definition) is 3. The van der Waals surface area contributed by atoms with Crippen molar-refractivity contribution in [2.75, 3.05) is 12.6 Å². The SMILES string of the molecule is C/C=C\c1c(NOC)[nH]c2ccc(C(C)S(=O)c3ccccc3)cc12. The van der Waals surface area contributed by atoms with Crippen LogP contribution < -0.4 is 5.48 Å². The van der Waals surface area contributed by atoms with Gasteiger partial charge in [-0.1, -0.05) is 36.4 Å². The lowest BCUT2D eigenvalue weighted by Gasteiger charge is -2.12. The van der Waals surface area contributed by atoms with Crippen LogP contribution in [0.25, 0.3) is 17.0 Å². The van der Waals surface area contributed by atoms with Crippen molar-refractivity contribution in [3.05, 3.63) is 65.7 Å². The van der Waals surface area contributed by atoms with E-state index in [0.717, 1.165) is 32.7 Å². The number of hydrogen-bond donors (Lipinski definition) is 2. The monoisotopic (exact) mass is 354 g/mol. The first-order valence-corrected chi connectivity index (χ1v) is 9.40. The van der Waals surface area contributed by atoms with Crippen LogP contribution in [0.4, 0.5) is 5.82 Å². The number of rotatable bonds is 6. The van der Waals surface area contributed by atoms with Gasteiger partial charge in [-0.3, -0.25) is 14.5 Å². The molecule has 0 radical (unpaired) electrons. The van der Waals surface area contributed by atoms with Crippen LogP contribution in [0.2, 0.25) is 0 Å². The van der Waals surface area contributed by atoms with Crippen LogP contribution in [-0.4, -0.2) is 16.3 Å². The molecule has 1 aromatic heterocycles. The summed E-state index contributed by atoms with van der Waals surface area (Å²) in [7, 11) is 0.487. The zero-order valence-corrected chi connectivity index (χ0v) is 15.4. The Morgan fingerprint density at radius 3 is 2.64 bits per heavy atom. The molecule has 5 heteroatoms. The van der Waals surface area contributed by atoms with Gasteiger partial charge in [0.05, 0.1) is 23.2 Å². The molecule has 0 aliphatic rings. The smallest absolute Gasteiger partial charge is 0.135 e. The molecule has 0 aliphatic heterocycles. The molecule has 2 N–H and O–H groups in total. The predicted octanol–water partition coefficient (Wildman–Crippen LogP) is 5.04. The van der Waals surface area contributed by atoms with Gasteiger partial charge in [-0.25, -0.2) is 0 Å². The van der Waals surface area contributed by atoms with Gasteiger partial charge in [0.15, 0.2) is 0 Å². The summed E-state index contributed by atoms with van der Waals surface area (Å²) < 4.78 is 12.9. The highest BCUT2D eigenvalue weighted by Crippen LogP contribution is 2.32. The van der Waals surface area contributed by atoms with E-state index in [4.69, 9.17) is 4.84 Å². The summed E-state index contributed by atoms with van der Waals surface area (Å²) in [4.78, 5) is 9.22. The summed E-state index contributed by atoms with van der Waals surface area (Å²) in [5.74, 6) is 0.810. The first-order valence-electron chi connectivity index (χ1n) is 8.18. The van der Waals surface area contributed by atoms with Crippen LogP contribution in [0.3, 0.4) is 0 Å². The van der Waals surface area contributed by atoms with E-state index in [-0.39, 0.29) is 5.25 Å². The molecule has 2 aromatic carbocycles. The van der Waals surface area contributed by atoms with E-state index in [1.807, 2.05) is 68.5 Å². The van der Waals surface area contributed by atoms with Crippen molar-refractivity contribution in [3.63, 3.8) is 0 Å². The van der Waals surface area contributed by atoms with Crippen LogP contribution in [0, 0.1) is 0 Å². The van der Waals surface area contributed by atoms with Crippen molar-refractivity contribution in [1.29, 1.82) is 0 Å². The fourth-order valence-electron chi connectivity index (χ4n) is 2.89. The highest BCUT2D eigenvalue weighted by molar-refractivity contribution is 7.85. The van der Waals surface area contributed by atoms with Gasteiger partial charge in [-0.05, 0) is 43.7 Å². The summed E-state index contributed by atoms with van der Waals surface area (Å²) in [6.07, 6.45) is 4.02. The number of nitrogens with one attached hydrogen (secondary N) is 2. The maximum absolute atomic E-state index is 12.9. The average molecular weight is 354 g/mol. The third-order valence-corrected chi connectivity index (χ3v) is 5.82. The Kier molecular flexibility index (Phi) is 5.36. The second kappa shape index (κ2) is 7.68. The third-order valence-electron chi connectivity index (χ3n) is 4.17. The lowest BCUT2D eigenvalue weighted by atomic mass is 10.1. The van der Waals surface area contributed by atoms with E-state index in [2.05, 4.69) is 16.5 Å². The van der Waals surface area contributed by atoms with Crippen LogP contribution in [0.15, 0.2) is 59.5 Å². The summed E-state index contributed by atoms with van der Waals surface area (Å²) in [5.41, 5.74) is 5.96. The minimum atomic E-state index is -1.10. The number of aromatic amines is 1. The van der Waals surface area contributed by atoms with E-state index in [1.54, 1.807) is 7.11 Å². The normalized spacial score (nSPS) is 14.0. The Bertz CT molecular complexity index is 916. The second-order valence-electron chi connectivity index (χ2n) is 5.78. The molecule has 1 heterocycles. The largest absolute Gasteiger partial charge is 0.339 e. The van der Waals surface area contributed by atoms with Crippen LogP contribution in [0.1, 0.15) is 30.2 Å². The summed E-state index contributed by atoms with van der Waals surface area (Å²) in [6, 6.07) is 15.8. The fourth-order valence-corrected chi connectivity index (χ4v) is 4.12. The van der Waals surface area contributed by atoms with E-state index in [9.17, 15) is 4.21 Å². The average Bonchev–Trinajstić information content (AvgIpc) is 2.98. The number of allylic oxidation sites excluding steroid dienone is 1. The Balaban J connectivity index is 2.02. The minimum Gasteiger partial charge on any atom is -0.339 e. The Labute approximate surface area is 150 Å². The number of anilines is 1. The minimum absolute atomic E-state index is 0.0982. The first kappa shape index (κ1) is 17.5. The van der Waals surface area contributed by atoms with Gasteiger partial charge < -0.3 is 4.98 Å². The standard InChI is InChI=1S/C20H22N2O2S/c1-4-8-17-18-13-15(11-12-19(18)21-20(17)22-24-3)14(2)25(23)16-9-6-5-7-10-16/h4-14,21-22H,1-3H3/b8-4-. The van der Waals surface area contributed by atoms with Gasteiger partial charge in [-0.15, -0.1) is 0 Å². The molecule has 2 unspecified atom stereocenters. The topological polar surface area (TPSA) is 54.1 Å². The highest BCUT2D eigenvalue weighted by atomic mass is 32.2. The summed E-state index contributed by atoms with van der Waals surface area (Å²) >= 11 is 0. The third kappa shape index (κ3) is 3.52. The Morgan fingerprint density at radius 2 is 1.96 bits per heavy atom. The molecule has 0 saturated heterocycles. The lowest BCUT2D eigenvalue weighted by molar-refractivity contribution is 0.269. The fraction of sp³-hybridized carbons (Fsp3) is 0.200. The maximum atomic E-state index is 12.9. The molecule has 3 aromatic rings. The van der Waals surface area contributed by atoms with Gasteiger partial charge in [0.2, 0.25) is 0 Å². The molecule has 0 fully saturated rings. The zero-order valence-electron chi connectivity index (χ0n) is 14.6. The molecular formula is C20H22N2O2S. The van der Waals surface area contributed by atoms with E-state index in [0.29, 0.717) is 0 Å². The number of fused-ring (bicyclic) bond motifs is 1. The molecule has 4 nitrogen and oxygen atoms in total. The Morgan fingerprint density at radius 1 is 1.20 bits per heavy atom. The predicted molar refractivity (Wildman–Crippen MR) is 105 cm³/mol. The van der Waals surface area contributed by atoms with Crippen molar-refractivity contribution < 1.29 is 9.05 Å². The molecule has 0 amide bonds. The van der Waals surface area contributed by atoms with Gasteiger partial charge in [0.25, 0.3) is 0 Å². The van der Waals surface area contributed by atoms with E-state index >= 15 is 0 Å². The van der Waals surface area contributed by atoms with Crippen molar-refractivity contribution in [2.45, 2.75) is 24.0 Å². The molecule has 25 heavy (non-hydrogen) atoms. The number of H-pyrrole nitrogens is 1. The lowest BCUT2D eigenvalue weighted by Crippen LogP contribution is -2.03. The zero-order chi connectivity index (χ0) is 17.8. The van der Waals surface area contributed by atoms with E-state index in [1.165, 1.54) is 0 Å². The van der Waals surface area contributed by atoms with Gasteiger partial charge in [-0.2, -0.15) is 0 Å². The molecule has 0 saturated carbocycles. The molecule has 3 rings (SSSR count). The van der Waals surface area contributed by atoms with Crippen molar-refractivity contribution in [1.82, 2.24) is 4.98 Å². The van der Waals surface area contributed by atoms with Crippen LogP contribution in [0.5, 0.6) is 0 Å². The van der Waals surface area contributed by atoms with Crippen molar-refractivity contribution in [2.24, 2.45) is 0 Å². The Hall–Kier alpha value is -2.37. The molecule has 2 atom stereocenters.